The van der Waals surface area contributed by atoms with E-state index in [1.807, 2.05) is 35.8 Å². The molecule has 0 N–H and O–H groups in total. The Bertz CT molecular complexity index is 781. The first-order chi connectivity index (χ1) is 9.29. The number of aryl methyl sites for hydroxylation is 1. The third-order valence-electron chi connectivity index (χ3n) is 2.83. The number of amides is 1. The van der Waals surface area contributed by atoms with Crippen LogP contribution < -0.4 is 4.80 Å². The summed E-state index contributed by atoms with van der Waals surface area (Å²) in [7, 11) is 0. The highest BCUT2D eigenvalue weighted by molar-refractivity contribution is 7.16. The molecule has 0 spiro atoms. The molecule has 2 heterocycles. The van der Waals surface area contributed by atoms with E-state index in [0.717, 1.165) is 16.8 Å². The lowest BCUT2D eigenvalue weighted by Crippen LogP contribution is -2.15. The second-order valence-electron chi connectivity index (χ2n) is 3.99. The molecule has 96 valence electrons. The number of nitrogens with zero attached hydrogens (tertiary/aromatic N) is 2. The number of carbonyl (C=O) groups excluding carboxylic acids is 1. The number of para-hydroxylation sites is 1. The summed E-state index contributed by atoms with van der Waals surface area (Å²) in [5.41, 5.74) is 1.10. The normalized spacial score (nSPS) is 12.2. The number of benzene rings is 1. The summed E-state index contributed by atoms with van der Waals surface area (Å²) in [5, 5.41) is 0. The van der Waals surface area contributed by atoms with E-state index in [2.05, 4.69) is 4.99 Å². The van der Waals surface area contributed by atoms with Gasteiger partial charge in [-0.3, -0.25) is 4.79 Å². The van der Waals surface area contributed by atoms with E-state index in [4.69, 9.17) is 4.42 Å². The summed E-state index contributed by atoms with van der Waals surface area (Å²) < 4.78 is 8.22. The molecule has 0 aliphatic rings. The minimum absolute atomic E-state index is 0.264. The van der Waals surface area contributed by atoms with Gasteiger partial charge in [0.1, 0.15) is 0 Å². The smallest absolute Gasteiger partial charge is 0.315 e. The molecule has 1 aromatic carbocycles. The van der Waals surface area contributed by atoms with Crippen molar-refractivity contribution in [2.24, 2.45) is 4.99 Å². The molecule has 0 fully saturated rings. The van der Waals surface area contributed by atoms with E-state index in [0.29, 0.717) is 4.80 Å². The highest BCUT2D eigenvalue weighted by Crippen LogP contribution is 2.16. The van der Waals surface area contributed by atoms with Crippen LogP contribution in [0.3, 0.4) is 0 Å². The van der Waals surface area contributed by atoms with Gasteiger partial charge in [-0.1, -0.05) is 23.5 Å². The second-order valence-corrected chi connectivity index (χ2v) is 5.00. The van der Waals surface area contributed by atoms with Gasteiger partial charge in [0.15, 0.2) is 10.6 Å². The quantitative estimate of drug-likeness (QED) is 0.720. The maximum atomic E-state index is 12.0. The molecule has 3 aromatic rings. The Hall–Kier alpha value is -2.14. The van der Waals surface area contributed by atoms with Crippen molar-refractivity contribution in [2.75, 3.05) is 0 Å². The summed E-state index contributed by atoms with van der Waals surface area (Å²) in [6.45, 7) is 2.81. The molecule has 3 rings (SSSR count). The van der Waals surface area contributed by atoms with Crippen molar-refractivity contribution < 1.29 is 9.21 Å². The maximum Gasteiger partial charge on any atom is 0.315 e. The molecule has 0 aliphatic heterocycles. The number of hydrogen-bond acceptors (Lipinski definition) is 3. The molecule has 2 aromatic heterocycles. The number of thiazole rings is 1. The lowest BCUT2D eigenvalue weighted by Gasteiger charge is -1.98. The Morgan fingerprint density at radius 3 is 2.89 bits per heavy atom. The summed E-state index contributed by atoms with van der Waals surface area (Å²) in [5.74, 6) is -0.0844. The van der Waals surface area contributed by atoms with Crippen LogP contribution >= 0.6 is 11.3 Å². The molecular weight excluding hydrogens is 260 g/mol. The fourth-order valence-corrected chi connectivity index (χ4v) is 3.05. The van der Waals surface area contributed by atoms with E-state index >= 15 is 0 Å². The lowest BCUT2D eigenvalue weighted by molar-refractivity contribution is 0.0971. The molecule has 0 saturated heterocycles. The van der Waals surface area contributed by atoms with Gasteiger partial charge >= 0.3 is 5.91 Å². The van der Waals surface area contributed by atoms with Crippen LogP contribution in [0.4, 0.5) is 0 Å². The Labute approximate surface area is 113 Å². The minimum atomic E-state index is -0.348. The van der Waals surface area contributed by atoms with Gasteiger partial charge in [0, 0.05) is 6.54 Å². The largest absolute Gasteiger partial charge is 0.459 e. The molecule has 0 radical (unpaired) electrons. The zero-order valence-electron chi connectivity index (χ0n) is 10.4. The zero-order valence-corrected chi connectivity index (χ0v) is 11.2. The Morgan fingerprint density at radius 2 is 2.16 bits per heavy atom. The Balaban J connectivity index is 2.17. The van der Waals surface area contributed by atoms with Crippen molar-refractivity contribution in [3.8, 4) is 0 Å². The number of rotatable bonds is 2. The van der Waals surface area contributed by atoms with Crippen LogP contribution in [0.5, 0.6) is 0 Å². The molecule has 5 heteroatoms. The van der Waals surface area contributed by atoms with E-state index in [9.17, 15) is 4.79 Å². The Morgan fingerprint density at radius 1 is 1.32 bits per heavy atom. The average molecular weight is 272 g/mol. The second kappa shape index (κ2) is 4.85. The van der Waals surface area contributed by atoms with E-state index < -0.39 is 0 Å². The summed E-state index contributed by atoms with van der Waals surface area (Å²) in [6, 6.07) is 11.3. The first kappa shape index (κ1) is 11.9. The highest BCUT2D eigenvalue weighted by Gasteiger charge is 2.09. The summed E-state index contributed by atoms with van der Waals surface area (Å²) >= 11 is 1.51. The van der Waals surface area contributed by atoms with Crippen LogP contribution in [-0.4, -0.2) is 10.5 Å². The van der Waals surface area contributed by atoms with Crippen LogP contribution in [0.1, 0.15) is 17.5 Å². The van der Waals surface area contributed by atoms with Crippen LogP contribution in [0.2, 0.25) is 0 Å². The van der Waals surface area contributed by atoms with Crippen molar-refractivity contribution in [3.05, 3.63) is 53.2 Å². The lowest BCUT2D eigenvalue weighted by atomic mass is 10.3. The zero-order chi connectivity index (χ0) is 13.2. The monoisotopic (exact) mass is 272 g/mol. The maximum absolute atomic E-state index is 12.0. The van der Waals surface area contributed by atoms with E-state index in [1.54, 1.807) is 12.1 Å². The van der Waals surface area contributed by atoms with Gasteiger partial charge in [0.2, 0.25) is 0 Å². The molecule has 0 atom stereocenters. The van der Waals surface area contributed by atoms with E-state index in [1.165, 1.54) is 17.6 Å². The van der Waals surface area contributed by atoms with Gasteiger partial charge in [-0.25, -0.2) is 0 Å². The number of carbonyl (C=O) groups is 1. The van der Waals surface area contributed by atoms with Crippen molar-refractivity contribution in [3.63, 3.8) is 0 Å². The van der Waals surface area contributed by atoms with Gasteiger partial charge in [-0.05, 0) is 31.2 Å². The van der Waals surface area contributed by atoms with Crippen LogP contribution in [0, 0.1) is 0 Å². The molecule has 19 heavy (non-hydrogen) atoms. The molecule has 0 saturated carbocycles. The van der Waals surface area contributed by atoms with Gasteiger partial charge in [-0.2, -0.15) is 4.99 Å². The SMILES string of the molecule is CCn1c(=NC(=O)c2ccco2)sc2ccccc21. The minimum Gasteiger partial charge on any atom is -0.459 e. The Kier molecular flexibility index (Phi) is 3.05. The third kappa shape index (κ3) is 2.13. The molecule has 1 amide bonds. The topological polar surface area (TPSA) is 47.5 Å². The predicted molar refractivity (Wildman–Crippen MR) is 74.1 cm³/mol. The van der Waals surface area contributed by atoms with Gasteiger partial charge in [0.25, 0.3) is 0 Å². The van der Waals surface area contributed by atoms with Crippen LogP contribution in [0.15, 0.2) is 52.1 Å². The molecule has 0 aliphatic carbocycles. The van der Waals surface area contributed by atoms with Crippen molar-refractivity contribution >= 4 is 27.5 Å². The standard InChI is InChI=1S/C14H12N2O2S/c1-2-16-10-6-3-4-8-12(10)19-14(16)15-13(17)11-7-5-9-18-11/h3-9H,2H2,1H3. The number of aromatic nitrogens is 1. The number of fused-ring (bicyclic) bond motifs is 1. The van der Waals surface area contributed by atoms with Crippen LogP contribution in [-0.2, 0) is 6.54 Å². The predicted octanol–water partition coefficient (Wildman–Crippen LogP) is 3.06. The molecule has 0 bridgehead atoms. The number of hydrogen-bond donors (Lipinski definition) is 0. The van der Waals surface area contributed by atoms with Gasteiger partial charge in [0.05, 0.1) is 16.5 Å². The number of furan rings is 1. The van der Waals surface area contributed by atoms with Crippen molar-refractivity contribution in [1.82, 2.24) is 4.57 Å². The van der Waals surface area contributed by atoms with E-state index in [-0.39, 0.29) is 11.7 Å². The first-order valence-corrected chi connectivity index (χ1v) is 6.82. The molecule has 4 nitrogen and oxygen atoms in total. The van der Waals surface area contributed by atoms with Crippen molar-refractivity contribution in [1.29, 1.82) is 0 Å². The van der Waals surface area contributed by atoms with Crippen LogP contribution in [0.25, 0.3) is 10.2 Å². The molecular formula is C14H12N2O2S. The van der Waals surface area contributed by atoms with Gasteiger partial charge in [-0.15, -0.1) is 0 Å². The summed E-state index contributed by atoms with van der Waals surface area (Å²) in [4.78, 5) is 16.8. The fraction of sp³-hybridized carbons (Fsp3) is 0.143. The average Bonchev–Trinajstić information content (AvgIpc) is 3.05. The first-order valence-electron chi connectivity index (χ1n) is 6.00. The highest BCUT2D eigenvalue weighted by atomic mass is 32.1. The third-order valence-corrected chi connectivity index (χ3v) is 3.89. The fourth-order valence-electron chi connectivity index (χ4n) is 1.95. The van der Waals surface area contributed by atoms with Crippen molar-refractivity contribution in [2.45, 2.75) is 13.5 Å². The van der Waals surface area contributed by atoms with Gasteiger partial charge < -0.3 is 8.98 Å². The molecule has 0 unspecified atom stereocenters. The summed E-state index contributed by atoms with van der Waals surface area (Å²) in [6.07, 6.45) is 1.47.